The van der Waals surface area contributed by atoms with E-state index < -0.39 is 11.7 Å². The molecule has 0 aliphatic heterocycles. The number of oxime groups is 1. The summed E-state index contributed by atoms with van der Waals surface area (Å²) >= 11 is 5.72. The molecule has 0 aromatic heterocycles. The molecule has 0 spiro atoms. The summed E-state index contributed by atoms with van der Waals surface area (Å²) in [4.78, 5) is 12.0. The van der Waals surface area contributed by atoms with Crippen LogP contribution in [0.15, 0.2) is 23.4 Å². The predicted molar refractivity (Wildman–Crippen MR) is 71.0 cm³/mol. The number of hydrogen-bond acceptors (Lipinski definition) is 3. The molecule has 4 N–H and O–H groups in total. The molecule has 0 fully saturated rings. The van der Waals surface area contributed by atoms with Crippen molar-refractivity contribution < 1.29 is 14.4 Å². The minimum atomic E-state index is -0.654. The average molecular weight is 288 g/mol. The van der Waals surface area contributed by atoms with E-state index in [1.165, 1.54) is 18.2 Å². The molecule has 0 heterocycles. The van der Waals surface area contributed by atoms with Crippen molar-refractivity contribution in [3.63, 3.8) is 0 Å². The molecule has 0 saturated carbocycles. The highest BCUT2D eigenvalue weighted by molar-refractivity contribution is 6.34. The summed E-state index contributed by atoms with van der Waals surface area (Å²) in [6.45, 7) is 1.84. The van der Waals surface area contributed by atoms with Crippen LogP contribution in [0.25, 0.3) is 0 Å². The Labute approximate surface area is 115 Å². The molecule has 19 heavy (non-hydrogen) atoms. The molecule has 5 nitrogen and oxygen atoms in total. The number of nitrogens with two attached hydrogens (primary N) is 1. The summed E-state index contributed by atoms with van der Waals surface area (Å²) in [7, 11) is 0. The maximum absolute atomic E-state index is 13.2. The van der Waals surface area contributed by atoms with Crippen molar-refractivity contribution in [2.24, 2.45) is 10.9 Å². The minimum Gasteiger partial charge on any atom is -0.409 e. The van der Waals surface area contributed by atoms with Crippen molar-refractivity contribution in [3.05, 3.63) is 34.6 Å². The van der Waals surface area contributed by atoms with E-state index in [4.69, 9.17) is 22.5 Å². The van der Waals surface area contributed by atoms with Gasteiger partial charge in [-0.3, -0.25) is 4.79 Å². The molecule has 0 bridgehead atoms. The van der Waals surface area contributed by atoms with E-state index in [0.717, 1.165) is 0 Å². The number of amidine groups is 1. The van der Waals surface area contributed by atoms with E-state index in [-0.39, 0.29) is 28.9 Å². The zero-order valence-corrected chi connectivity index (χ0v) is 11.1. The van der Waals surface area contributed by atoms with Crippen molar-refractivity contribution in [1.29, 1.82) is 0 Å². The smallest absolute Gasteiger partial charge is 0.253 e. The number of benzene rings is 1. The molecular formula is C12H15ClFN3O2. The number of rotatable bonds is 5. The number of halogens is 2. The lowest BCUT2D eigenvalue weighted by Gasteiger charge is -2.16. The van der Waals surface area contributed by atoms with Gasteiger partial charge in [0.2, 0.25) is 0 Å². The first kappa shape index (κ1) is 15.2. The quantitative estimate of drug-likeness (QED) is 0.335. The molecule has 1 aromatic carbocycles. The van der Waals surface area contributed by atoms with Gasteiger partial charge in [-0.1, -0.05) is 29.7 Å². The Morgan fingerprint density at radius 2 is 2.32 bits per heavy atom. The van der Waals surface area contributed by atoms with Gasteiger partial charge < -0.3 is 16.3 Å². The van der Waals surface area contributed by atoms with Gasteiger partial charge in [-0.2, -0.15) is 0 Å². The number of nitrogens with one attached hydrogen (secondary N) is 1. The number of amides is 1. The molecule has 0 aliphatic rings. The van der Waals surface area contributed by atoms with E-state index >= 15 is 0 Å². The fourth-order valence-corrected chi connectivity index (χ4v) is 1.74. The highest BCUT2D eigenvalue weighted by atomic mass is 35.5. The third-order valence-electron chi connectivity index (χ3n) is 2.61. The van der Waals surface area contributed by atoms with E-state index in [1.54, 1.807) is 0 Å². The fraction of sp³-hybridized carbons (Fsp3) is 0.333. The number of carbonyl (C=O) groups is 1. The van der Waals surface area contributed by atoms with E-state index in [1.807, 2.05) is 6.92 Å². The minimum absolute atomic E-state index is 0.0116. The third kappa shape index (κ3) is 4.10. The van der Waals surface area contributed by atoms with Gasteiger partial charge in [-0.15, -0.1) is 0 Å². The van der Waals surface area contributed by atoms with Crippen molar-refractivity contribution in [3.8, 4) is 0 Å². The van der Waals surface area contributed by atoms with Crippen LogP contribution in [-0.2, 0) is 0 Å². The van der Waals surface area contributed by atoms with Gasteiger partial charge in [0.05, 0.1) is 10.6 Å². The fourth-order valence-electron chi connectivity index (χ4n) is 1.53. The summed E-state index contributed by atoms with van der Waals surface area (Å²) in [6.07, 6.45) is 0.778. The zero-order valence-electron chi connectivity index (χ0n) is 10.4. The second-order valence-electron chi connectivity index (χ2n) is 3.98. The lowest BCUT2D eigenvalue weighted by Crippen LogP contribution is -2.37. The Hall–Kier alpha value is -1.82. The normalized spacial score (nSPS) is 13.1. The molecule has 0 aliphatic carbocycles. The van der Waals surface area contributed by atoms with Gasteiger partial charge in [0.25, 0.3) is 5.91 Å². The van der Waals surface area contributed by atoms with Gasteiger partial charge in [-0.25, -0.2) is 4.39 Å². The highest BCUT2D eigenvalue weighted by Crippen LogP contribution is 2.19. The van der Waals surface area contributed by atoms with Crippen LogP contribution >= 0.6 is 11.6 Å². The van der Waals surface area contributed by atoms with Crippen LogP contribution in [0.3, 0.4) is 0 Å². The highest BCUT2D eigenvalue weighted by Gasteiger charge is 2.17. The van der Waals surface area contributed by atoms with Crippen LogP contribution in [0, 0.1) is 5.82 Å². The maximum atomic E-state index is 13.2. The Morgan fingerprint density at radius 3 is 2.89 bits per heavy atom. The second-order valence-corrected chi connectivity index (χ2v) is 4.35. The van der Waals surface area contributed by atoms with Gasteiger partial charge in [0, 0.05) is 12.5 Å². The van der Waals surface area contributed by atoms with Crippen LogP contribution in [0.5, 0.6) is 0 Å². The van der Waals surface area contributed by atoms with Gasteiger partial charge in [0.1, 0.15) is 11.7 Å². The van der Waals surface area contributed by atoms with Crippen molar-refractivity contribution >= 4 is 23.3 Å². The Morgan fingerprint density at radius 1 is 1.63 bits per heavy atom. The molecule has 7 heteroatoms. The lowest BCUT2D eigenvalue weighted by atomic mass is 10.1. The first-order valence-corrected chi connectivity index (χ1v) is 6.08. The van der Waals surface area contributed by atoms with Gasteiger partial charge >= 0.3 is 0 Å². The van der Waals surface area contributed by atoms with E-state index in [9.17, 15) is 9.18 Å². The lowest BCUT2D eigenvalue weighted by molar-refractivity contribution is 0.0936. The Kier molecular flexibility index (Phi) is 5.57. The monoisotopic (exact) mass is 287 g/mol. The van der Waals surface area contributed by atoms with Crippen molar-refractivity contribution in [2.45, 2.75) is 25.8 Å². The summed E-state index contributed by atoms with van der Waals surface area (Å²) in [6, 6.07) is 3.69. The molecule has 0 radical (unpaired) electrons. The average Bonchev–Trinajstić information content (AvgIpc) is 2.40. The van der Waals surface area contributed by atoms with E-state index in [0.29, 0.717) is 6.42 Å². The maximum Gasteiger partial charge on any atom is 0.253 e. The van der Waals surface area contributed by atoms with Crippen LogP contribution in [0.4, 0.5) is 4.39 Å². The number of nitrogens with zero attached hydrogens (tertiary/aromatic N) is 1. The van der Waals surface area contributed by atoms with E-state index in [2.05, 4.69) is 10.5 Å². The molecule has 1 amide bonds. The molecule has 1 unspecified atom stereocenters. The van der Waals surface area contributed by atoms with Crippen LogP contribution in [0.2, 0.25) is 5.02 Å². The number of hydrogen-bond donors (Lipinski definition) is 3. The van der Waals surface area contributed by atoms with Crippen LogP contribution in [0.1, 0.15) is 30.1 Å². The Balaban J connectivity index is 2.80. The second kappa shape index (κ2) is 6.94. The number of carbonyl (C=O) groups excluding carboxylic acids is 1. The Bertz CT molecular complexity index is 494. The molecule has 104 valence electrons. The summed E-state index contributed by atoms with van der Waals surface area (Å²) in [5.74, 6) is -1.14. The topological polar surface area (TPSA) is 87.7 Å². The molecule has 1 atom stereocenters. The van der Waals surface area contributed by atoms with Gasteiger partial charge in [0.15, 0.2) is 0 Å². The predicted octanol–water partition coefficient (Wildman–Crippen LogP) is 2.12. The first-order valence-electron chi connectivity index (χ1n) is 5.70. The molecular weight excluding hydrogens is 273 g/mol. The van der Waals surface area contributed by atoms with Crippen molar-refractivity contribution in [2.75, 3.05) is 0 Å². The zero-order chi connectivity index (χ0) is 14.4. The molecule has 1 rings (SSSR count). The largest absolute Gasteiger partial charge is 0.409 e. The van der Waals surface area contributed by atoms with Crippen LogP contribution in [-0.4, -0.2) is 23.0 Å². The SMILES string of the molecule is CCC(C/C(N)=N/O)NC(=O)c1cccc(F)c1Cl. The molecule has 0 saturated heterocycles. The molecule has 1 aromatic rings. The first-order chi connectivity index (χ1) is 8.99. The summed E-state index contributed by atoms with van der Waals surface area (Å²) in [5, 5.41) is 13.8. The van der Waals surface area contributed by atoms with Gasteiger partial charge in [-0.05, 0) is 18.6 Å². The standard InChI is InChI=1S/C12H15ClFN3O2/c1-2-7(6-10(15)17-19)16-12(18)8-4-3-5-9(14)11(8)13/h3-5,7,19H,2,6H2,1H3,(H2,15,17)(H,16,18). The summed E-state index contributed by atoms with van der Waals surface area (Å²) < 4.78 is 13.2. The van der Waals surface area contributed by atoms with Crippen LogP contribution < -0.4 is 11.1 Å². The summed E-state index contributed by atoms with van der Waals surface area (Å²) in [5.41, 5.74) is 5.44. The van der Waals surface area contributed by atoms with Crippen molar-refractivity contribution in [1.82, 2.24) is 5.32 Å². The third-order valence-corrected chi connectivity index (χ3v) is 2.99.